The van der Waals surface area contributed by atoms with Gasteiger partial charge in [-0.2, -0.15) is 0 Å². The van der Waals surface area contributed by atoms with Crippen LogP contribution in [0.4, 0.5) is 5.82 Å². The Hall–Kier alpha value is -1.12. The molecule has 2 heterocycles. The van der Waals surface area contributed by atoms with Crippen molar-refractivity contribution < 1.29 is 0 Å². The minimum absolute atomic E-state index is 0.754. The first-order valence-corrected chi connectivity index (χ1v) is 6.37. The third kappa shape index (κ3) is 1.58. The van der Waals surface area contributed by atoms with E-state index in [1.165, 1.54) is 25.8 Å². The molecule has 0 radical (unpaired) electrons. The smallest absolute Gasteiger partial charge is 0.132 e. The van der Waals surface area contributed by atoms with Gasteiger partial charge in [-0.05, 0) is 32.1 Å². The van der Waals surface area contributed by atoms with E-state index in [-0.39, 0.29) is 0 Å². The minimum atomic E-state index is 0.754. The summed E-state index contributed by atoms with van der Waals surface area (Å²) in [5, 5.41) is 0. The minimum Gasteiger partial charge on any atom is -0.353 e. The van der Waals surface area contributed by atoms with E-state index in [4.69, 9.17) is 0 Å². The van der Waals surface area contributed by atoms with Crippen LogP contribution in [0.5, 0.6) is 0 Å². The standard InChI is InChI=1S/C13H19N3/c1-3-12-14-9(2)6-13(15-12)16-8-10-4-5-11(16)7-10/h6,10-11H,3-5,7-8H2,1-2H3. The molecule has 2 atom stereocenters. The van der Waals surface area contributed by atoms with Crippen LogP contribution in [0.3, 0.4) is 0 Å². The van der Waals surface area contributed by atoms with Crippen molar-refractivity contribution in [3.05, 3.63) is 17.6 Å². The fourth-order valence-electron chi connectivity index (χ4n) is 3.12. The van der Waals surface area contributed by atoms with Gasteiger partial charge in [0.1, 0.15) is 11.6 Å². The first-order valence-electron chi connectivity index (χ1n) is 6.37. The molecule has 86 valence electrons. The highest BCUT2D eigenvalue weighted by atomic mass is 15.3. The zero-order chi connectivity index (χ0) is 11.1. The quantitative estimate of drug-likeness (QED) is 0.761. The Balaban J connectivity index is 1.91. The summed E-state index contributed by atoms with van der Waals surface area (Å²) in [5.41, 5.74) is 1.10. The number of fused-ring (bicyclic) bond motifs is 2. The van der Waals surface area contributed by atoms with Gasteiger partial charge in [0.15, 0.2) is 0 Å². The van der Waals surface area contributed by atoms with Gasteiger partial charge in [-0.25, -0.2) is 9.97 Å². The molecule has 1 saturated carbocycles. The lowest BCUT2D eigenvalue weighted by atomic mass is 10.1. The maximum absolute atomic E-state index is 4.67. The van der Waals surface area contributed by atoms with Gasteiger partial charge < -0.3 is 4.90 Å². The van der Waals surface area contributed by atoms with E-state index >= 15 is 0 Å². The van der Waals surface area contributed by atoms with E-state index in [9.17, 15) is 0 Å². The van der Waals surface area contributed by atoms with Gasteiger partial charge in [0.25, 0.3) is 0 Å². The third-order valence-electron chi connectivity index (χ3n) is 3.91. The lowest BCUT2D eigenvalue weighted by Gasteiger charge is -2.28. The Morgan fingerprint density at radius 3 is 2.88 bits per heavy atom. The molecule has 0 N–H and O–H groups in total. The molecule has 3 nitrogen and oxygen atoms in total. The zero-order valence-corrected chi connectivity index (χ0v) is 10.1. The molecule has 2 fully saturated rings. The lowest BCUT2D eigenvalue weighted by Crippen LogP contribution is -2.32. The molecule has 3 rings (SSSR count). The van der Waals surface area contributed by atoms with Crippen molar-refractivity contribution in [1.29, 1.82) is 0 Å². The van der Waals surface area contributed by atoms with Gasteiger partial charge >= 0.3 is 0 Å². The number of anilines is 1. The number of aromatic nitrogens is 2. The Morgan fingerprint density at radius 2 is 2.25 bits per heavy atom. The van der Waals surface area contributed by atoms with Gasteiger partial charge in [-0.15, -0.1) is 0 Å². The Kier molecular flexibility index (Phi) is 2.34. The highest BCUT2D eigenvalue weighted by molar-refractivity contribution is 5.43. The normalized spacial score (nSPS) is 27.8. The summed E-state index contributed by atoms with van der Waals surface area (Å²) < 4.78 is 0. The molecular weight excluding hydrogens is 198 g/mol. The van der Waals surface area contributed by atoms with E-state index in [0.717, 1.165) is 35.7 Å². The summed E-state index contributed by atoms with van der Waals surface area (Å²) in [6.07, 6.45) is 5.09. The summed E-state index contributed by atoms with van der Waals surface area (Å²) in [5.74, 6) is 3.07. The SMILES string of the molecule is CCc1nc(C)cc(N2CC3CCC2C3)n1. The van der Waals surface area contributed by atoms with Crippen molar-refractivity contribution in [3.8, 4) is 0 Å². The van der Waals surface area contributed by atoms with Gasteiger partial charge in [0.2, 0.25) is 0 Å². The van der Waals surface area contributed by atoms with Gasteiger partial charge in [0, 0.05) is 30.8 Å². The van der Waals surface area contributed by atoms with Crippen LogP contribution in [0.25, 0.3) is 0 Å². The van der Waals surface area contributed by atoms with Crippen LogP contribution in [0.15, 0.2) is 6.07 Å². The molecule has 2 bridgehead atoms. The number of piperidine rings is 1. The monoisotopic (exact) mass is 217 g/mol. The van der Waals surface area contributed by atoms with E-state index in [0.29, 0.717) is 0 Å². The molecule has 1 aromatic heterocycles. The molecule has 1 aliphatic heterocycles. The second-order valence-electron chi connectivity index (χ2n) is 5.12. The molecule has 2 aliphatic rings. The molecule has 0 spiro atoms. The van der Waals surface area contributed by atoms with Crippen LogP contribution in [-0.4, -0.2) is 22.6 Å². The van der Waals surface area contributed by atoms with Crippen molar-refractivity contribution in [1.82, 2.24) is 9.97 Å². The van der Waals surface area contributed by atoms with Crippen molar-refractivity contribution in [3.63, 3.8) is 0 Å². The topological polar surface area (TPSA) is 29.0 Å². The maximum Gasteiger partial charge on any atom is 0.132 e. The summed E-state index contributed by atoms with van der Waals surface area (Å²) in [7, 11) is 0. The molecule has 0 amide bonds. The zero-order valence-electron chi connectivity index (χ0n) is 10.1. The molecule has 1 saturated heterocycles. The van der Waals surface area contributed by atoms with Crippen molar-refractivity contribution in [2.45, 2.75) is 45.6 Å². The summed E-state index contributed by atoms with van der Waals surface area (Å²) in [6.45, 7) is 5.40. The van der Waals surface area contributed by atoms with Crippen molar-refractivity contribution >= 4 is 5.82 Å². The van der Waals surface area contributed by atoms with Crippen LogP contribution < -0.4 is 4.90 Å². The molecule has 2 unspecified atom stereocenters. The Labute approximate surface area is 96.9 Å². The maximum atomic E-state index is 4.67. The summed E-state index contributed by atoms with van der Waals surface area (Å²) in [4.78, 5) is 11.6. The third-order valence-corrected chi connectivity index (χ3v) is 3.91. The van der Waals surface area contributed by atoms with Crippen LogP contribution in [0.1, 0.15) is 37.7 Å². The average Bonchev–Trinajstić information content (AvgIpc) is 2.89. The number of rotatable bonds is 2. The van der Waals surface area contributed by atoms with Crippen LogP contribution in [0.2, 0.25) is 0 Å². The van der Waals surface area contributed by atoms with Crippen molar-refractivity contribution in [2.24, 2.45) is 5.92 Å². The predicted octanol–water partition coefficient (Wildman–Crippen LogP) is 2.34. The van der Waals surface area contributed by atoms with Crippen LogP contribution in [-0.2, 0) is 6.42 Å². The van der Waals surface area contributed by atoms with Gasteiger partial charge in [0.05, 0.1) is 0 Å². The number of hydrogen-bond donors (Lipinski definition) is 0. The fraction of sp³-hybridized carbons (Fsp3) is 0.692. The molecule has 0 aromatic carbocycles. The average molecular weight is 217 g/mol. The summed E-state index contributed by atoms with van der Waals surface area (Å²) in [6, 6.07) is 2.89. The number of nitrogens with zero attached hydrogens (tertiary/aromatic N) is 3. The second-order valence-corrected chi connectivity index (χ2v) is 5.12. The fourth-order valence-corrected chi connectivity index (χ4v) is 3.12. The predicted molar refractivity (Wildman–Crippen MR) is 64.6 cm³/mol. The molecule has 3 heteroatoms. The molecule has 1 aromatic rings. The van der Waals surface area contributed by atoms with E-state index in [1.54, 1.807) is 0 Å². The van der Waals surface area contributed by atoms with Crippen molar-refractivity contribution in [2.75, 3.05) is 11.4 Å². The highest BCUT2D eigenvalue weighted by Crippen LogP contribution is 2.39. The first-order chi connectivity index (χ1) is 7.76. The highest BCUT2D eigenvalue weighted by Gasteiger charge is 2.38. The van der Waals surface area contributed by atoms with Gasteiger partial charge in [-0.3, -0.25) is 0 Å². The van der Waals surface area contributed by atoms with Crippen LogP contribution >= 0.6 is 0 Å². The second kappa shape index (κ2) is 3.72. The molecular formula is C13H19N3. The van der Waals surface area contributed by atoms with E-state index in [1.807, 2.05) is 0 Å². The first kappa shape index (κ1) is 10.1. The molecule has 16 heavy (non-hydrogen) atoms. The number of aryl methyl sites for hydroxylation is 2. The molecule has 1 aliphatic carbocycles. The van der Waals surface area contributed by atoms with E-state index in [2.05, 4.69) is 34.8 Å². The van der Waals surface area contributed by atoms with E-state index < -0.39 is 0 Å². The Bertz CT molecular complexity index is 402. The summed E-state index contributed by atoms with van der Waals surface area (Å²) >= 11 is 0. The largest absolute Gasteiger partial charge is 0.353 e. The van der Waals surface area contributed by atoms with Gasteiger partial charge in [-0.1, -0.05) is 6.92 Å². The van der Waals surface area contributed by atoms with Crippen LogP contribution in [0, 0.1) is 12.8 Å². The number of hydrogen-bond acceptors (Lipinski definition) is 3. The Morgan fingerprint density at radius 1 is 1.38 bits per heavy atom. The lowest BCUT2D eigenvalue weighted by molar-refractivity contribution is 0.549.